The minimum atomic E-state index is 0.142. The summed E-state index contributed by atoms with van der Waals surface area (Å²) in [5.41, 5.74) is 0. The summed E-state index contributed by atoms with van der Waals surface area (Å²) >= 11 is 0. The highest BCUT2D eigenvalue weighted by Gasteiger charge is 2.34. The lowest BCUT2D eigenvalue weighted by atomic mass is 10.2. The molecule has 3 heteroatoms. The van der Waals surface area contributed by atoms with Gasteiger partial charge in [-0.3, -0.25) is 0 Å². The van der Waals surface area contributed by atoms with E-state index in [0.29, 0.717) is 5.92 Å². The smallest absolute Gasteiger partial charge is 0.120 e. The number of hydrogen-bond acceptors (Lipinski definition) is 2. The molecule has 0 spiro atoms. The van der Waals surface area contributed by atoms with Gasteiger partial charge in [0.05, 0.1) is 6.10 Å². The van der Waals surface area contributed by atoms with E-state index in [2.05, 4.69) is 21.6 Å². The largest absolute Gasteiger partial charge is 0.359 e. The van der Waals surface area contributed by atoms with Crippen LogP contribution in [0.2, 0.25) is 0 Å². The molecular weight excluding hydrogens is 207 g/mol. The third-order valence-electron chi connectivity index (χ3n) is 2.75. The lowest BCUT2D eigenvalue weighted by molar-refractivity contribution is -0.108. The Labute approximate surface area is 94.1 Å². The lowest BCUT2D eigenvalue weighted by Crippen LogP contribution is -1.93. The lowest BCUT2D eigenvalue weighted by Gasteiger charge is -1.98. The van der Waals surface area contributed by atoms with Gasteiger partial charge in [-0.15, -0.1) is 0 Å². The molecule has 2 unspecified atom stereocenters. The maximum atomic E-state index is 10.2. The van der Waals surface area contributed by atoms with E-state index >= 15 is 0 Å². The van der Waals surface area contributed by atoms with Crippen LogP contribution < -0.4 is 0 Å². The minimum Gasteiger partial charge on any atom is -0.359 e. The number of carbonyl (C=O) groups is 1. The van der Waals surface area contributed by atoms with Crippen molar-refractivity contribution in [3.8, 4) is 0 Å². The molecule has 1 rings (SSSR count). The Morgan fingerprint density at radius 3 is 2.80 bits per heavy atom. The Morgan fingerprint density at radius 2 is 2.13 bits per heavy atom. The van der Waals surface area contributed by atoms with Gasteiger partial charge in [-0.25, -0.2) is 0 Å². The zero-order chi connectivity index (χ0) is 11.1. The van der Waals surface area contributed by atoms with Gasteiger partial charge in [0.15, 0.2) is 0 Å². The predicted octanol–water partition coefficient (Wildman–Crippen LogP) is 2.91. The second kappa shape index (κ2) is 6.92. The van der Waals surface area contributed by atoms with Crippen LogP contribution in [0.1, 0.15) is 26.2 Å². The fourth-order valence-electron chi connectivity index (χ4n) is 1.61. The summed E-state index contributed by atoms with van der Waals surface area (Å²) in [6, 6.07) is 0. The molecule has 0 aliphatic heterocycles. The summed E-state index contributed by atoms with van der Waals surface area (Å²) in [7, 11) is 2.25. The molecule has 15 heavy (non-hydrogen) atoms. The average molecular weight is 226 g/mol. The fourth-order valence-corrected chi connectivity index (χ4v) is 1.70. The van der Waals surface area contributed by atoms with Crippen LogP contribution in [0.3, 0.4) is 0 Å². The van der Waals surface area contributed by atoms with E-state index in [4.69, 9.17) is 4.52 Å². The maximum absolute atomic E-state index is 10.2. The summed E-state index contributed by atoms with van der Waals surface area (Å²) in [5.74, 6) is 1.40. The molecular formula is C12H19O2P. The average Bonchev–Trinajstić information content (AvgIpc) is 2.96. The first-order valence-electron chi connectivity index (χ1n) is 5.40. The molecule has 0 amide bonds. The fraction of sp³-hybridized carbons (Fsp3) is 0.583. The van der Waals surface area contributed by atoms with Crippen molar-refractivity contribution in [2.24, 2.45) is 11.8 Å². The van der Waals surface area contributed by atoms with Crippen molar-refractivity contribution in [2.75, 3.05) is 0 Å². The standard InChI is InChI=1S/C12H19O2P/c1-10(14-15)5-3-2-4-6-11-9-12(11)7-8-13/h2-5,8,10-12H,6-7,9,15H2,1H3/b4-2-,5-3+/t10?,11-,12+/m0/s1. The summed E-state index contributed by atoms with van der Waals surface area (Å²) in [6.45, 7) is 1.98. The second-order valence-electron chi connectivity index (χ2n) is 4.05. The highest BCUT2D eigenvalue weighted by molar-refractivity contribution is 7.09. The normalized spacial score (nSPS) is 27.3. The van der Waals surface area contributed by atoms with Crippen molar-refractivity contribution >= 4 is 15.8 Å². The predicted molar refractivity (Wildman–Crippen MR) is 65.4 cm³/mol. The van der Waals surface area contributed by atoms with Gasteiger partial charge < -0.3 is 9.32 Å². The van der Waals surface area contributed by atoms with Crippen LogP contribution in [0, 0.1) is 11.8 Å². The molecule has 2 nitrogen and oxygen atoms in total. The van der Waals surface area contributed by atoms with Crippen LogP contribution in [0.15, 0.2) is 24.3 Å². The molecule has 84 valence electrons. The van der Waals surface area contributed by atoms with Crippen molar-refractivity contribution < 1.29 is 9.32 Å². The molecule has 1 aliphatic carbocycles. The molecule has 1 aliphatic rings. The van der Waals surface area contributed by atoms with E-state index in [0.717, 1.165) is 25.0 Å². The molecule has 1 saturated carbocycles. The minimum absolute atomic E-state index is 0.142. The maximum Gasteiger partial charge on any atom is 0.120 e. The van der Waals surface area contributed by atoms with Gasteiger partial charge in [0.1, 0.15) is 6.29 Å². The van der Waals surface area contributed by atoms with Gasteiger partial charge in [0.2, 0.25) is 0 Å². The summed E-state index contributed by atoms with van der Waals surface area (Å²) in [5, 5.41) is 0. The Kier molecular flexibility index (Phi) is 5.82. The van der Waals surface area contributed by atoms with Crippen molar-refractivity contribution in [2.45, 2.75) is 32.3 Å². The van der Waals surface area contributed by atoms with Gasteiger partial charge in [-0.2, -0.15) is 0 Å². The van der Waals surface area contributed by atoms with E-state index in [9.17, 15) is 4.79 Å². The second-order valence-corrected chi connectivity index (χ2v) is 4.32. The van der Waals surface area contributed by atoms with E-state index < -0.39 is 0 Å². The van der Waals surface area contributed by atoms with Gasteiger partial charge in [0, 0.05) is 15.9 Å². The zero-order valence-electron chi connectivity index (χ0n) is 9.13. The molecule has 0 heterocycles. The van der Waals surface area contributed by atoms with E-state index in [1.807, 2.05) is 19.1 Å². The zero-order valence-corrected chi connectivity index (χ0v) is 10.3. The van der Waals surface area contributed by atoms with Crippen LogP contribution in [-0.4, -0.2) is 12.4 Å². The van der Waals surface area contributed by atoms with Crippen molar-refractivity contribution in [1.29, 1.82) is 0 Å². The molecule has 0 saturated heterocycles. The van der Waals surface area contributed by atoms with Gasteiger partial charge in [-0.05, 0) is 31.6 Å². The van der Waals surface area contributed by atoms with E-state index in [1.54, 1.807) is 0 Å². The van der Waals surface area contributed by atoms with Gasteiger partial charge >= 0.3 is 0 Å². The Hall–Kier alpha value is -0.460. The SMILES string of the molecule is CC(/C=C/C=C\C[C@H]1C[C@H]1CC=O)OP. The van der Waals surface area contributed by atoms with Crippen molar-refractivity contribution in [3.05, 3.63) is 24.3 Å². The summed E-state index contributed by atoms with van der Waals surface area (Å²) < 4.78 is 5.00. The third-order valence-corrected chi connectivity index (χ3v) is 3.18. The number of aldehydes is 1. The third kappa shape index (κ3) is 5.25. The van der Waals surface area contributed by atoms with E-state index in [-0.39, 0.29) is 6.10 Å². The van der Waals surface area contributed by atoms with Gasteiger partial charge in [0.25, 0.3) is 0 Å². The first-order chi connectivity index (χ1) is 7.27. The van der Waals surface area contributed by atoms with Gasteiger partial charge in [-0.1, -0.05) is 24.3 Å². The van der Waals surface area contributed by atoms with Crippen molar-refractivity contribution in [3.63, 3.8) is 0 Å². The molecule has 0 N–H and O–H groups in total. The monoisotopic (exact) mass is 226 g/mol. The molecule has 0 aromatic heterocycles. The molecule has 0 bridgehead atoms. The Morgan fingerprint density at radius 1 is 1.40 bits per heavy atom. The number of carbonyl (C=O) groups excluding carboxylic acids is 1. The number of allylic oxidation sites excluding steroid dienone is 3. The van der Waals surface area contributed by atoms with Crippen molar-refractivity contribution in [1.82, 2.24) is 0 Å². The molecule has 4 atom stereocenters. The van der Waals surface area contributed by atoms with Crippen LogP contribution in [0.4, 0.5) is 0 Å². The van der Waals surface area contributed by atoms with Crippen LogP contribution >= 0.6 is 9.47 Å². The molecule has 0 aromatic rings. The molecule has 0 aromatic carbocycles. The first kappa shape index (κ1) is 12.6. The van der Waals surface area contributed by atoms with Crippen LogP contribution in [-0.2, 0) is 9.32 Å². The Bertz CT molecular complexity index is 248. The Balaban J connectivity index is 2.08. The van der Waals surface area contributed by atoms with Crippen LogP contribution in [0.25, 0.3) is 0 Å². The quantitative estimate of drug-likeness (QED) is 0.379. The highest BCUT2D eigenvalue weighted by atomic mass is 31.0. The summed E-state index contributed by atoms with van der Waals surface area (Å²) in [4.78, 5) is 10.2. The topological polar surface area (TPSA) is 26.3 Å². The molecule has 0 radical (unpaired) electrons. The first-order valence-corrected chi connectivity index (χ1v) is 5.87. The number of hydrogen-bond donors (Lipinski definition) is 0. The highest BCUT2D eigenvalue weighted by Crippen LogP contribution is 2.43. The molecule has 1 fully saturated rings. The summed E-state index contributed by atoms with van der Waals surface area (Å²) in [6.07, 6.45) is 12.5. The number of rotatable bonds is 7. The van der Waals surface area contributed by atoms with E-state index in [1.165, 1.54) is 6.42 Å². The van der Waals surface area contributed by atoms with Crippen LogP contribution in [0.5, 0.6) is 0 Å².